The molecular weight excluding hydrogens is 256 g/mol. The van der Waals surface area contributed by atoms with Crippen LogP contribution in [0, 0.1) is 0 Å². The Balaban J connectivity index is 2.14. The number of ether oxygens (including phenoxy) is 1. The number of H-pyrrole nitrogens is 1. The van der Waals surface area contributed by atoms with Crippen molar-refractivity contribution in [3.63, 3.8) is 0 Å². The number of aromatic nitrogens is 1. The van der Waals surface area contributed by atoms with Gasteiger partial charge in [-0.25, -0.2) is 4.79 Å². The lowest BCUT2D eigenvalue weighted by Crippen LogP contribution is -2.27. The van der Waals surface area contributed by atoms with Crippen LogP contribution in [0.4, 0.5) is 0 Å². The van der Waals surface area contributed by atoms with E-state index in [0.717, 1.165) is 18.5 Å². The van der Waals surface area contributed by atoms with Gasteiger partial charge in [-0.15, -0.1) is 0 Å². The van der Waals surface area contributed by atoms with Gasteiger partial charge in [0.1, 0.15) is 6.73 Å². The van der Waals surface area contributed by atoms with Crippen LogP contribution in [0.3, 0.4) is 0 Å². The molecule has 5 heteroatoms. The molecule has 0 atom stereocenters. The molecule has 0 spiro atoms. The van der Waals surface area contributed by atoms with Crippen molar-refractivity contribution in [1.82, 2.24) is 9.88 Å². The van der Waals surface area contributed by atoms with Gasteiger partial charge in [0.15, 0.2) is 0 Å². The Morgan fingerprint density at radius 1 is 1.20 bits per heavy atom. The normalized spacial score (nSPS) is 10.9. The highest BCUT2D eigenvalue weighted by atomic mass is 16.5. The quantitative estimate of drug-likeness (QED) is 0.669. The van der Waals surface area contributed by atoms with Crippen LogP contribution in [0.15, 0.2) is 35.1 Å². The molecule has 106 valence electrons. The molecule has 2 rings (SSSR count). The van der Waals surface area contributed by atoms with E-state index >= 15 is 0 Å². The van der Waals surface area contributed by atoms with Crippen LogP contribution in [-0.2, 0) is 4.74 Å². The predicted molar refractivity (Wildman–Crippen MR) is 77.8 cm³/mol. The van der Waals surface area contributed by atoms with E-state index in [1.54, 1.807) is 24.3 Å². The summed E-state index contributed by atoms with van der Waals surface area (Å²) in [6.45, 7) is 5.99. The smallest absolute Gasteiger partial charge is 0.339 e. The maximum atomic E-state index is 12.0. The second-order valence-corrected chi connectivity index (χ2v) is 4.49. The maximum absolute atomic E-state index is 12.0. The lowest BCUT2D eigenvalue weighted by Gasteiger charge is -2.17. The minimum atomic E-state index is -0.356. The standard InChI is InChI=1S/C15H18N2O3/c1-3-17(4-2)10-20-15(19)12-5-7-13-11(9-12)6-8-14(18)16-13/h5-9H,3-4,10H2,1-2H3,(H,16,18). The van der Waals surface area contributed by atoms with Gasteiger partial charge < -0.3 is 9.72 Å². The van der Waals surface area contributed by atoms with Crippen molar-refractivity contribution in [2.75, 3.05) is 19.8 Å². The topological polar surface area (TPSA) is 62.4 Å². The molecule has 0 aliphatic heterocycles. The van der Waals surface area contributed by atoms with Crippen molar-refractivity contribution in [1.29, 1.82) is 0 Å². The third kappa shape index (κ3) is 3.24. The summed E-state index contributed by atoms with van der Waals surface area (Å²) in [4.78, 5) is 27.9. The van der Waals surface area contributed by atoms with E-state index in [2.05, 4.69) is 4.98 Å². The first-order valence-electron chi connectivity index (χ1n) is 6.66. The number of fused-ring (bicyclic) bond motifs is 1. The largest absolute Gasteiger partial charge is 0.446 e. The van der Waals surface area contributed by atoms with Gasteiger partial charge in [0.25, 0.3) is 0 Å². The first-order valence-corrected chi connectivity index (χ1v) is 6.66. The molecule has 1 N–H and O–H groups in total. The van der Waals surface area contributed by atoms with Gasteiger partial charge in [0.2, 0.25) is 5.56 Å². The molecule has 5 nitrogen and oxygen atoms in total. The fourth-order valence-corrected chi connectivity index (χ4v) is 1.92. The highest BCUT2D eigenvalue weighted by molar-refractivity contribution is 5.94. The SMILES string of the molecule is CCN(CC)COC(=O)c1ccc2[nH]c(=O)ccc2c1. The molecule has 0 bridgehead atoms. The molecule has 0 aliphatic rings. The number of carbonyl (C=O) groups excluding carboxylic acids is 1. The Bertz CT molecular complexity index is 659. The zero-order valence-corrected chi connectivity index (χ0v) is 11.7. The van der Waals surface area contributed by atoms with Crippen molar-refractivity contribution in [3.8, 4) is 0 Å². The van der Waals surface area contributed by atoms with E-state index in [4.69, 9.17) is 4.74 Å². The third-order valence-corrected chi connectivity index (χ3v) is 3.23. The predicted octanol–water partition coefficient (Wildman–Crippen LogP) is 1.98. The number of nitrogens with one attached hydrogen (secondary N) is 1. The van der Waals surface area contributed by atoms with Crippen molar-refractivity contribution >= 4 is 16.9 Å². The van der Waals surface area contributed by atoms with Crippen LogP contribution in [0.25, 0.3) is 10.9 Å². The number of esters is 1. The van der Waals surface area contributed by atoms with Crippen LogP contribution in [0.1, 0.15) is 24.2 Å². The molecule has 1 aromatic carbocycles. The molecule has 2 aromatic rings. The van der Waals surface area contributed by atoms with Crippen LogP contribution >= 0.6 is 0 Å². The second kappa shape index (κ2) is 6.34. The molecule has 0 saturated carbocycles. The Kier molecular flexibility index (Phi) is 4.53. The molecular formula is C15H18N2O3. The highest BCUT2D eigenvalue weighted by Gasteiger charge is 2.09. The number of hydrogen-bond acceptors (Lipinski definition) is 4. The van der Waals surface area contributed by atoms with E-state index in [9.17, 15) is 9.59 Å². The first-order chi connectivity index (χ1) is 9.63. The van der Waals surface area contributed by atoms with Gasteiger partial charge >= 0.3 is 5.97 Å². The number of hydrogen-bond donors (Lipinski definition) is 1. The summed E-state index contributed by atoms with van der Waals surface area (Å²) < 4.78 is 5.26. The molecule has 20 heavy (non-hydrogen) atoms. The second-order valence-electron chi connectivity index (χ2n) is 4.49. The summed E-state index contributed by atoms with van der Waals surface area (Å²) >= 11 is 0. The van der Waals surface area contributed by atoms with Gasteiger partial charge in [-0.1, -0.05) is 13.8 Å². The average Bonchev–Trinajstić information content (AvgIpc) is 2.47. The number of pyridine rings is 1. The Morgan fingerprint density at radius 3 is 2.65 bits per heavy atom. The highest BCUT2D eigenvalue weighted by Crippen LogP contribution is 2.13. The maximum Gasteiger partial charge on any atom is 0.339 e. The molecule has 0 radical (unpaired) electrons. The summed E-state index contributed by atoms with van der Waals surface area (Å²) in [5.41, 5.74) is 1.03. The molecule has 0 saturated heterocycles. The molecule has 0 fully saturated rings. The van der Waals surface area contributed by atoms with Crippen LogP contribution in [0.2, 0.25) is 0 Å². The van der Waals surface area contributed by atoms with Crippen LogP contribution in [-0.4, -0.2) is 35.7 Å². The molecule has 0 aliphatic carbocycles. The zero-order valence-electron chi connectivity index (χ0n) is 11.7. The van der Waals surface area contributed by atoms with Gasteiger partial charge in [0.05, 0.1) is 5.56 Å². The van der Waals surface area contributed by atoms with E-state index in [-0.39, 0.29) is 18.3 Å². The number of benzene rings is 1. The first kappa shape index (κ1) is 14.3. The molecule has 1 aromatic heterocycles. The summed E-state index contributed by atoms with van der Waals surface area (Å²) in [7, 11) is 0. The fraction of sp³-hybridized carbons (Fsp3) is 0.333. The Hall–Kier alpha value is -2.14. The lowest BCUT2D eigenvalue weighted by atomic mass is 10.1. The molecule has 0 unspecified atom stereocenters. The van der Waals surface area contributed by atoms with Crippen LogP contribution in [0.5, 0.6) is 0 Å². The van der Waals surface area contributed by atoms with Crippen molar-refractivity contribution < 1.29 is 9.53 Å². The average molecular weight is 274 g/mol. The van der Waals surface area contributed by atoms with Crippen LogP contribution < -0.4 is 5.56 Å². The summed E-state index contributed by atoms with van der Waals surface area (Å²) in [6, 6.07) is 8.21. The summed E-state index contributed by atoms with van der Waals surface area (Å²) in [5.74, 6) is -0.356. The number of nitrogens with zero attached hydrogens (tertiary/aromatic N) is 1. The van der Waals surface area contributed by atoms with E-state index < -0.39 is 0 Å². The number of aromatic amines is 1. The van der Waals surface area contributed by atoms with E-state index in [1.165, 1.54) is 6.07 Å². The Labute approximate surface area is 117 Å². The van der Waals surface area contributed by atoms with E-state index in [1.807, 2.05) is 18.7 Å². The van der Waals surface area contributed by atoms with Crippen molar-refractivity contribution in [3.05, 3.63) is 46.2 Å². The third-order valence-electron chi connectivity index (χ3n) is 3.23. The van der Waals surface area contributed by atoms with Crippen molar-refractivity contribution in [2.45, 2.75) is 13.8 Å². The van der Waals surface area contributed by atoms with Gasteiger partial charge in [-0.3, -0.25) is 9.69 Å². The summed E-state index contributed by atoms with van der Waals surface area (Å²) in [5, 5.41) is 0.807. The summed E-state index contributed by atoms with van der Waals surface area (Å²) in [6.07, 6.45) is 0. The van der Waals surface area contributed by atoms with E-state index in [0.29, 0.717) is 11.1 Å². The minimum absolute atomic E-state index is 0.158. The van der Waals surface area contributed by atoms with Gasteiger partial charge in [-0.05, 0) is 42.7 Å². The monoisotopic (exact) mass is 274 g/mol. The fourth-order valence-electron chi connectivity index (χ4n) is 1.92. The van der Waals surface area contributed by atoms with Gasteiger partial charge in [0, 0.05) is 11.6 Å². The number of carbonyl (C=O) groups is 1. The lowest BCUT2D eigenvalue weighted by molar-refractivity contribution is 0.0240. The van der Waals surface area contributed by atoms with Gasteiger partial charge in [-0.2, -0.15) is 0 Å². The molecule has 1 heterocycles. The Morgan fingerprint density at radius 2 is 1.95 bits per heavy atom. The number of rotatable bonds is 5. The molecule has 0 amide bonds. The zero-order chi connectivity index (χ0) is 14.5. The van der Waals surface area contributed by atoms with Crippen molar-refractivity contribution in [2.24, 2.45) is 0 Å². The minimum Gasteiger partial charge on any atom is -0.446 e.